The van der Waals surface area contributed by atoms with Crippen molar-refractivity contribution in [3.63, 3.8) is 0 Å². The lowest BCUT2D eigenvalue weighted by Crippen LogP contribution is -2.14. The van der Waals surface area contributed by atoms with E-state index in [1.165, 1.54) is 43.6 Å². The Morgan fingerprint density at radius 1 is 1.16 bits per heavy atom. The van der Waals surface area contributed by atoms with E-state index >= 15 is 0 Å². The number of aromatic nitrogens is 1. The zero-order valence-electron chi connectivity index (χ0n) is 16.4. The first-order chi connectivity index (χ1) is 14.7. The largest absolute Gasteiger partial charge is 0.493 e. The first-order valence-electron chi connectivity index (χ1n) is 8.74. The average Bonchev–Trinajstić information content (AvgIpc) is 2.74. The van der Waals surface area contributed by atoms with Crippen molar-refractivity contribution >= 4 is 37.4 Å². The quantitative estimate of drug-likeness (QED) is 0.538. The molecule has 10 heteroatoms. The van der Waals surface area contributed by atoms with E-state index in [-0.39, 0.29) is 22.1 Å². The molecule has 1 amide bonds. The number of nitrogens with one attached hydrogen (secondary N) is 1. The lowest BCUT2D eigenvalue weighted by atomic mass is 10.2. The molecule has 0 aliphatic rings. The lowest BCUT2D eigenvalue weighted by Gasteiger charge is -2.13. The van der Waals surface area contributed by atoms with E-state index in [9.17, 15) is 13.2 Å². The fourth-order valence-corrected chi connectivity index (χ4v) is 3.60. The molecule has 158 valence electrons. The van der Waals surface area contributed by atoms with E-state index in [0.29, 0.717) is 21.5 Å². The molecule has 0 atom stereocenters. The van der Waals surface area contributed by atoms with Gasteiger partial charge in [0.05, 0.1) is 23.6 Å². The summed E-state index contributed by atoms with van der Waals surface area (Å²) in [5.74, 6) is 0.0189. The van der Waals surface area contributed by atoms with Gasteiger partial charge >= 0.3 is 0 Å². The van der Waals surface area contributed by atoms with Crippen LogP contribution in [0.3, 0.4) is 0 Å². The van der Waals surface area contributed by atoms with Gasteiger partial charge in [0.1, 0.15) is 5.56 Å². The molecule has 0 fully saturated rings. The Morgan fingerprint density at radius 3 is 2.61 bits per heavy atom. The number of hydrogen-bond acceptors (Lipinski definition) is 7. The highest BCUT2D eigenvalue weighted by atomic mass is 79.9. The molecule has 0 bridgehead atoms. The van der Waals surface area contributed by atoms with Crippen molar-refractivity contribution in [1.29, 1.82) is 5.26 Å². The zero-order valence-corrected chi connectivity index (χ0v) is 18.8. The minimum absolute atomic E-state index is 0.00275. The molecule has 1 N–H and O–H groups in total. The minimum atomic E-state index is -3.43. The third kappa shape index (κ3) is 5.39. The number of anilines is 1. The number of nitrogens with zero attached hydrogens (tertiary/aromatic N) is 2. The smallest absolute Gasteiger partial charge is 0.261 e. The van der Waals surface area contributed by atoms with Gasteiger partial charge in [-0.15, -0.1) is 0 Å². The summed E-state index contributed by atoms with van der Waals surface area (Å²) in [5.41, 5.74) is 0.789. The molecule has 2 aromatic carbocycles. The predicted molar refractivity (Wildman–Crippen MR) is 117 cm³/mol. The number of rotatable bonds is 6. The van der Waals surface area contributed by atoms with Gasteiger partial charge in [0.15, 0.2) is 21.3 Å². The van der Waals surface area contributed by atoms with Crippen molar-refractivity contribution in [2.24, 2.45) is 0 Å². The molecule has 1 heterocycles. The third-order valence-electron chi connectivity index (χ3n) is 4.08. The average molecular weight is 502 g/mol. The Balaban J connectivity index is 1.94. The summed E-state index contributed by atoms with van der Waals surface area (Å²) in [5, 5.41) is 11.7. The van der Waals surface area contributed by atoms with Gasteiger partial charge in [-0.3, -0.25) is 4.79 Å². The number of benzene rings is 2. The van der Waals surface area contributed by atoms with Crippen LogP contribution in [0.2, 0.25) is 0 Å². The fraction of sp³-hybridized carbons (Fsp3) is 0.0952. The molecular formula is C21H16BrN3O5S. The molecule has 3 rings (SSSR count). The third-order valence-corrected chi connectivity index (χ3v) is 5.63. The maximum Gasteiger partial charge on any atom is 0.261 e. The Morgan fingerprint density at radius 2 is 1.94 bits per heavy atom. The number of sulfone groups is 1. The Kier molecular flexibility index (Phi) is 6.58. The van der Waals surface area contributed by atoms with E-state index in [4.69, 9.17) is 14.7 Å². The number of hydrogen-bond donors (Lipinski definition) is 1. The Labute approximate surface area is 187 Å². The number of pyridine rings is 1. The Hall–Kier alpha value is -3.42. The van der Waals surface area contributed by atoms with Gasteiger partial charge in [0, 0.05) is 28.7 Å². The van der Waals surface area contributed by atoms with Gasteiger partial charge in [0.25, 0.3) is 5.91 Å². The zero-order chi connectivity index (χ0) is 22.6. The van der Waals surface area contributed by atoms with Gasteiger partial charge in [-0.05, 0) is 52.3 Å². The number of amides is 1. The second kappa shape index (κ2) is 9.16. The first kappa shape index (κ1) is 22.3. The van der Waals surface area contributed by atoms with Crippen LogP contribution in [0.1, 0.15) is 15.9 Å². The SMILES string of the molecule is COc1cc(C#N)ccc1Oc1ncc(Br)cc1C(=O)Nc1cccc(S(C)(=O)=O)c1. The monoisotopic (exact) mass is 501 g/mol. The van der Waals surface area contributed by atoms with Gasteiger partial charge in [0.2, 0.25) is 5.88 Å². The molecule has 8 nitrogen and oxygen atoms in total. The highest BCUT2D eigenvalue weighted by molar-refractivity contribution is 9.10. The van der Waals surface area contributed by atoms with Crippen LogP contribution in [-0.2, 0) is 9.84 Å². The molecule has 0 saturated carbocycles. The number of carbonyl (C=O) groups is 1. The highest BCUT2D eigenvalue weighted by Crippen LogP contribution is 2.33. The maximum atomic E-state index is 12.9. The molecule has 0 radical (unpaired) electrons. The minimum Gasteiger partial charge on any atom is -0.493 e. The number of ether oxygens (including phenoxy) is 2. The van der Waals surface area contributed by atoms with Crippen LogP contribution in [0, 0.1) is 11.3 Å². The normalized spacial score (nSPS) is 10.8. The molecule has 0 unspecified atom stereocenters. The fourth-order valence-electron chi connectivity index (χ4n) is 2.60. The Bertz CT molecular complexity index is 1300. The van der Waals surface area contributed by atoms with Gasteiger partial charge in [-0.1, -0.05) is 6.07 Å². The predicted octanol–water partition coefficient (Wildman–Crippen LogP) is 4.17. The summed E-state index contributed by atoms with van der Waals surface area (Å²) in [4.78, 5) is 17.2. The number of methoxy groups -OCH3 is 1. The van der Waals surface area contributed by atoms with Gasteiger partial charge in [-0.2, -0.15) is 5.26 Å². The van der Waals surface area contributed by atoms with Crippen LogP contribution < -0.4 is 14.8 Å². The van der Waals surface area contributed by atoms with Crippen molar-refractivity contribution in [3.05, 3.63) is 70.3 Å². The summed E-state index contributed by atoms with van der Waals surface area (Å²) in [6, 6.07) is 14.0. The van der Waals surface area contributed by atoms with Crippen molar-refractivity contribution in [2.45, 2.75) is 4.90 Å². The van der Waals surface area contributed by atoms with E-state index in [2.05, 4.69) is 26.2 Å². The molecule has 0 aliphatic heterocycles. The summed E-state index contributed by atoms with van der Waals surface area (Å²) in [6.07, 6.45) is 2.55. The number of nitriles is 1. The van der Waals surface area contributed by atoms with E-state index < -0.39 is 15.7 Å². The molecule has 0 spiro atoms. The van der Waals surface area contributed by atoms with Crippen LogP contribution in [0.4, 0.5) is 5.69 Å². The maximum absolute atomic E-state index is 12.9. The van der Waals surface area contributed by atoms with E-state index in [1.54, 1.807) is 18.2 Å². The summed E-state index contributed by atoms with van der Waals surface area (Å²) >= 11 is 3.28. The lowest BCUT2D eigenvalue weighted by molar-refractivity contribution is 0.102. The summed E-state index contributed by atoms with van der Waals surface area (Å²) < 4.78 is 35.1. The van der Waals surface area contributed by atoms with Crippen molar-refractivity contribution < 1.29 is 22.7 Å². The standard InChI is InChI=1S/C21H16BrN3O5S/c1-29-19-8-13(11-23)6-7-18(19)30-21-17(9-14(22)12-24-21)20(26)25-15-4-3-5-16(10-15)31(2,27)28/h3-10,12H,1-2H3,(H,25,26). The van der Waals surface area contributed by atoms with E-state index in [1.807, 2.05) is 6.07 Å². The highest BCUT2D eigenvalue weighted by Gasteiger charge is 2.18. The second-order valence-electron chi connectivity index (χ2n) is 6.34. The molecular weight excluding hydrogens is 486 g/mol. The van der Waals surface area contributed by atoms with Crippen LogP contribution in [-0.4, -0.2) is 32.7 Å². The van der Waals surface area contributed by atoms with E-state index in [0.717, 1.165) is 6.26 Å². The molecule has 31 heavy (non-hydrogen) atoms. The van der Waals surface area contributed by atoms with Crippen molar-refractivity contribution in [2.75, 3.05) is 18.7 Å². The molecule has 1 aromatic heterocycles. The van der Waals surface area contributed by atoms with Gasteiger partial charge in [-0.25, -0.2) is 13.4 Å². The topological polar surface area (TPSA) is 118 Å². The molecule has 0 aliphatic carbocycles. The number of carbonyl (C=O) groups excluding carboxylic acids is 1. The van der Waals surface area contributed by atoms with Crippen molar-refractivity contribution in [3.8, 4) is 23.4 Å². The molecule has 3 aromatic rings. The summed E-state index contributed by atoms with van der Waals surface area (Å²) in [7, 11) is -2.00. The van der Waals surface area contributed by atoms with Crippen LogP contribution in [0.15, 0.2) is 64.1 Å². The van der Waals surface area contributed by atoms with Gasteiger partial charge < -0.3 is 14.8 Å². The van der Waals surface area contributed by atoms with Crippen molar-refractivity contribution in [1.82, 2.24) is 4.98 Å². The number of halogens is 1. The van der Waals surface area contributed by atoms with Crippen LogP contribution in [0.25, 0.3) is 0 Å². The molecule has 0 saturated heterocycles. The second-order valence-corrected chi connectivity index (χ2v) is 9.27. The van der Waals surface area contributed by atoms with Crippen LogP contribution in [0.5, 0.6) is 17.4 Å². The summed E-state index contributed by atoms with van der Waals surface area (Å²) in [6.45, 7) is 0. The first-order valence-corrected chi connectivity index (χ1v) is 11.4. The van der Waals surface area contributed by atoms with Crippen LogP contribution >= 0.6 is 15.9 Å².